The van der Waals surface area contributed by atoms with Gasteiger partial charge in [-0.3, -0.25) is 4.90 Å². The van der Waals surface area contributed by atoms with Crippen molar-refractivity contribution in [3.63, 3.8) is 0 Å². The topological polar surface area (TPSA) is 70.0 Å². The molecule has 2 atom stereocenters. The van der Waals surface area contributed by atoms with Gasteiger partial charge in [0.05, 0.1) is 6.61 Å². The number of carboxylic acid groups (broad SMARTS) is 1. The van der Waals surface area contributed by atoms with Crippen LogP contribution in [0.3, 0.4) is 0 Å². The largest absolute Gasteiger partial charge is 0.508 e. The van der Waals surface area contributed by atoms with Gasteiger partial charge in [0.25, 0.3) is 0 Å². The Bertz CT molecular complexity index is 494. The van der Waals surface area contributed by atoms with Crippen LogP contribution < -0.4 is 0 Å². The fourth-order valence-electron chi connectivity index (χ4n) is 2.57. The highest BCUT2D eigenvalue weighted by molar-refractivity contribution is 9.10. The number of nitrogens with zero attached hydrogens (tertiary/aromatic N) is 1. The number of carboxylic acids is 1. The molecule has 0 aliphatic carbocycles. The molecule has 20 heavy (non-hydrogen) atoms. The lowest BCUT2D eigenvalue weighted by molar-refractivity contribution is -0.157. The summed E-state index contributed by atoms with van der Waals surface area (Å²) in [6, 6.07) is 5.30. The third kappa shape index (κ3) is 3.31. The monoisotopic (exact) mass is 343 g/mol. The predicted octanol–water partition coefficient (Wildman–Crippen LogP) is 2.39. The predicted molar refractivity (Wildman–Crippen MR) is 77.8 cm³/mol. The number of rotatable bonds is 4. The minimum atomic E-state index is -0.942. The average Bonchev–Trinajstić information content (AvgIpc) is 2.44. The van der Waals surface area contributed by atoms with Crippen molar-refractivity contribution < 1.29 is 19.7 Å². The van der Waals surface area contributed by atoms with Crippen molar-refractivity contribution >= 4 is 21.9 Å². The molecule has 1 heterocycles. The van der Waals surface area contributed by atoms with Crippen molar-refractivity contribution in [3.8, 4) is 5.75 Å². The van der Waals surface area contributed by atoms with Crippen molar-refractivity contribution in [3.05, 3.63) is 28.2 Å². The summed E-state index contributed by atoms with van der Waals surface area (Å²) in [4.78, 5) is 13.1. The van der Waals surface area contributed by atoms with Crippen LogP contribution in [-0.4, -0.2) is 46.9 Å². The van der Waals surface area contributed by atoms with Crippen LogP contribution in [0.15, 0.2) is 22.7 Å². The maximum Gasteiger partial charge on any atom is 0.334 e. The second-order valence-electron chi connectivity index (χ2n) is 4.82. The SMILES string of the molecule is CCC(c1cc(Br)ccc1O)N1CCOC(C(=O)O)C1. The van der Waals surface area contributed by atoms with Crippen LogP contribution in [-0.2, 0) is 9.53 Å². The van der Waals surface area contributed by atoms with E-state index in [9.17, 15) is 9.90 Å². The highest BCUT2D eigenvalue weighted by atomic mass is 79.9. The lowest BCUT2D eigenvalue weighted by Crippen LogP contribution is -2.47. The van der Waals surface area contributed by atoms with Crippen LogP contribution in [0, 0.1) is 0 Å². The zero-order chi connectivity index (χ0) is 14.7. The Morgan fingerprint density at radius 3 is 3.00 bits per heavy atom. The van der Waals surface area contributed by atoms with Crippen LogP contribution >= 0.6 is 15.9 Å². The minimum Gasteiger partial charge on any atom is -0.508 e. The zero-order valence-corrected chi connectivity index (χ0v) is 12.8. The summed E-state index contributed by atoms with van der Waals surface area (Å²) in [7, 11) is 0. The molecule has 0 saturated carbocycles. The van der Waals surface area contributed by atoms with Gasteiger partial charge in [-0.25, -0.2) is 4.79 Å². The normalized spacial score (nSPS) is 21.6. The Hall–Kier alpha value is -1.11. The molecule has 0 amide bonds. The molecule has 1 saturated heterocycles. The van der Waals surface area contributed by atoms with Crippen molar-refractivity contribution in [1.29, 1.82) is 0 Å². The molecule has 1 aromatic rings. The Morgan fingerprint density at radius 2 is 2.35 bits per heavy atom. The summed E-state index contributed by atoms with van der Waals surface area (Å²) in [5, 5.41) is 19.1. The first-order valence-electron chi connectivity index (χ1n) is 6.59. The molecule has 0 aromatic heterocycles. The molecule has 0 radical (unpaired) electrons. The molecule has 110 valence electrons. The van der Waals surface area contributed by atoms with Gasteiger partial charge in [-0.2, -0.15) is 0 Å². The van der Waals surface area contributed by atoms with Gasteiger partial charge in [0.1, 0.15) is 5.75 Å². The molecule has 2 N–H and O–H groups in total. The van der Waals surface area contributed by atoms with Gasteiger partial charge in [0, 0.05) is 29.2 Å². The van der Waals surface area contributed by atoms with Gasteiger partial charge in [-0.15, -0.1) is 0 Å². The number of morpholine rings is 1. The van der Waals surface area contributed by atoms with Gasteiger partial charge in [0.15, 0.2) is 6.10 Å². The third-order valence-corrected chi connectivity index (χ3v) is 4.04. The molecule has 1 aliphatic heterocycles. The molecular weight excluding hydrogens is 326 g/mol. The molecule has 5 nitrogen and oxygen atoms in total. The van der Waals surface area contributed by atoms with Crippen LogP contribution in [0.2, 0.25) is 0 Å². The number of hydrogen-bond acceptors (Lipinski definition) is 4. The molecule has 1 fully saturated rings. The van der Waals surface area contributed by atoms with E-state index in [0.717, 1.165) is 16.5 Å². The number of ether oxygens (including phenoxy) is 1. The zero-order valence-electron chi connectivity index (χ0n) is 11.3. The highest BCUT2D eigenvalue weighted by Gasteiger charge is 2.31. The van der Waals surface area contributed by atoms with Crippen molar-refractivity contribution in [1.82, 2.24) is 4.90 Å². The standard InChI is InChI=1S/C14H18BrNO4/c1-2-11(10-7-9(15)3-4-12(10)17)16-5-6-20-13(8-16)14(18)19/h3-4,7,11,13,17H,2,5-6,8H2,1H3,(H,18,19). The highest BCUT2D eigenvalue weighted by Crippen LogP contribution is 2.34. The third-order valence-electron chi connectivity index (χ3n) is 3.55. The van der Waals surface area contributed by atoms with Crippen LogP contribution in [0.4, 0.5) is 0 Å². The number of aromatic hydroxyl groups is 1. The molecule has 1 aliphatic rings. The van der Waals surface area contributed by atoms with E-state index in [-0.39, 0.29) is 11.8 Å². The van der Waals surface area contributed by atoms with Crippen molar-refractivity contribution in [2.45, 2.75) is 25.5 Å². The van der Waals surface area contributed by atoms with Gasteiger partial charge in [0.2, 0.25) is 0 Å². The Balaban J connectivity index is 2.23. The molecule has 1 aromatic carbocycles. The maximum atomic E-state index is 11.1. The summed E-state index contributed by atoms with van der Waals surface area (Å²) < 4.78 is 6.14. The fourth-order valence-corrected chi connectivity index (χ4v) is 2.95. The molecule has 2 unspecified atom stereocenters. The fraction of sp³-hybridized carbons (Fsp3) is 0.500. The van der Waals surface area contributed by atoms with Crippen molar-refractivity contribution in [2.24, 2.45) is 0 Å². The van der Waals surface area contributed by atoms with Gasteiger partial charge < -0.3 is 14.9 Å². The molecule has 6 heteroatoms. The van der Waals surface area contributed by atoms with Gasteiger partial charge >= 0.3 is 5.97 Å². The lowest BCUT2D eigenvalue weighted by atomic mass is 10.0. The number of benzene rings is 1. The van der Waals surface area contributed by atoms with E-state index in [0.29, 0.717) is 19.7 Å². The quantitative estimate of drug-likeness (QED) is 0.878. The minimum absolute atomic E-state index is 0.0155. The summed E-state index contributed by atoms with van der Waals surface area (Å²) in [6.07, 6.45) is -0.0109. The van der Waals surface area contributed by atoms with Crippen molar-refractivity contribution in [2.75, 3.05) is 19.7 Å². The Morgan fingerprint density at radius 1 is 1.60 bits per heavy atom. The molecule has 2 rings (SSSR count). The van der Waals surface area contributed by atoms with Gasteiger partial charge in [-0.1, -0.05) is 22.9 Å². The van der Waals surface area contributed by atoms with E-state index in [1.54, 1.807) is 12.1 Å². The van der Waals surface area contributed by atoms with E-state index in [1.807, 2.05) is 13.0 Å². The first kappa shape index (κ1) is 15.3. The van der Waals surface area contributed by atoms with E-state index in [4.69, 9.17) is 9.84 Å². The first-order chi connectivity index (χ1) is 9.52. The number of halogens is 1. The van der Waals surface area contributed by atoms with Crippen LogP contribution in [0.25, 0.3) is 0 Å². The Labute approximate surface area is 126 Å². The van der Waals surface area contributed by atoms with Gasteiger partial charge in [-0.05, 0) is 24.6 Å². The number of phenolic OH excluding ortho intramolecular Hbond substituents is 1. The van der Waals surface area contributed by atoms with E-state index >= 15 is 0 Å². The number of aliphatic carboxylic acids is 1. The first-order valence-corrected chi connectivity index (χ1v) is 7.39. The molecule has 0 spiro atoms. The second-order valence-corrected chi connectivity index (χ2v) is 5.74. The lowest BCUT2D eigenvalue weighted by Gasteiger charge is -2.37. The molecular formula is C14H18BrNO4. The smallest absolute Gasteiger partial charge is 0.334 e. The van der Waals surface area contributed by atoms with E-state index in [1.165, 1.54) is 0 Å². The second kappa shape index (κ2) is 6.56. The van der Waals surface area contributed by atoms with E-state index in [2.05, 4.69) is 20.8 Å². The van der Waals surface area contributed by atoms with E-state index < -0.39 is 12.1 Å². The molecule has 0 bridgehead atoms. The number of carbonyl (C=O) groups is 1. The summed E-state index contributed by atoms with van der Waals surface area (Å²) in [5.41, 5.74) is 0.813. The van der Waals surface area contributed by atoms with Crippen LogP contribution in [0.1, 0.15) is 24.9 Å². The number of hydrogen-bond donors (Lipinski definition) is 2. The maximum absolute atomic E-state index is 11.1. The van der Waals surface area contributed by atoms with Crippen LogP contribution in [0.5, 0.6) is 5.75 Å². The summed E-state index contributed by atoms with van der Waals surface area (Å²) in [5.74, 6) is -0.707. The number of phenols is 1. The average molecular weight is 344 g/mol. The Kier molecular flexibility index (Phi) is 5.01. The summed E-state index contributed by atoms with van der Waals surface area (Å²) >= 11 is 3.40. The summed E-state index contributed by atoms with van der Waals surface area (Å²) in [6.45, 7) is 3.41.